The lowest BCUT2D eigenvalue weighted by atomic mass is 9.78. The highest BCUT2D eigenvalue weighted by Gasteiger charge is 2.32. The molecule has 2 aliphatic rings. The number of imidazole rings is 1. The van der Waals surface area contributed by atoms with E-state index in [-0.39, 0.29) is 11.8 Å². The van der Waals surface area contributed by atoms with E-state index in [1.165, 1.54) is 12.8 Å². The lowest BCUT2D eigenvalue weighted by molar-refractivity contribution is -0.127. The van der Waals surface area contributed by atoms with Crippen molar-refractivity contribution < 1.29 is 4.79 Å². The van der Waals surface area contributed by atoms with Gasteiger partial charge in [-0.05, 0) is 43.2 Å². The van der Waals surface area contributed by atoms with Crippen molar-refractivity contribution in [3.63, 3.8) is 0 Å². The average Bonchev–Trinajstić information content (AvgIpc) is 3.10. The summed E-state index contributed by atoms with van der Waals surface area (Å²) in [5.74, 6) is 2.63. The maximum absolute atomic E-state index is 12.7. The molecule has 5 nitrogen and oxygen atoms in total. The van der Waals surface area contributed by atoms with Crippen molar-refractivity contribution in [2.45, 2.75) is 52.0 Å². The van der Waals surface area contributed by atoms with Crippen LogP contribution in [0.4, 0.5) is 5.95 Å². The van der Waals surface area contributed by atoms with Crippen molar-refractivity contribution >= 4 is 22.9 Å². The number of H-pyrrole nitrogens is 1. The summed E-state index contributed by atoms with van der Waals surface area (Å²) in [4.78, 5) is 23.1. The summed E-state index contributed by atoms with van der Waals surface area (Å²) in [5, 5.41) is 3.36. The molecule has 4 rings (SSSR count). The first-order valence-electron chi connectivity index (χ1n) is 10.1. The molecule has 1 saturated carbocycles. The quantitative estimate of drug-likeness (QED) is 0.883. The fourth-order valence-electron chi connectivity index (χ4n) is 4.53. The Bertz CT molecular complexity index is 729. The summed E-state index contributed by atoms with van der Waals surface area (Å²) in [6, 6.07) is 8.48. The summed E-state index contributed by atoms with van der Waals surface area (Å²) in [7, 11) is 0. The Morgan fingerprint density at radius 1 is 1.15 bits per heavy atom. The number of nitrogens with zero attached hydrogens (tertiary/aromatic N) is 2. The number of carbonyl (C=O) groups is 1. The Morgan fingerprint density at radius 3 is 2.69 bits per heavy atom. The highest BCUT2D eigenvalue weighted by molar-refractivity contribution is 5.80. The molecule has 2 N–H and O–H groups in total. The standard InChI is InChI=1S/C21H30N4O/c1-14-6-5-9-17(15(14)2)22-20(26)16-10-12-25(13-11-16)21-23-18-7-3-4-8-19(18)24-21/h3-4,7-8,14-17H,5-6,9-13H2,1-2H3,(H,22,26)(H,23,24)/t14-,15-,17-/m1/s1. The van der Waals surface area contributed by atoms with Crippen LogP contribution in [0.3, 0.4) is 0 Å². The summed E-state index contributed by atoms with van der Waals surface area (Å²) < 4.78 is 0. The Labute approximate surface area is 155 Å². The molecule has 0 radical (unpaired) electrons. The highest BCUT2D eigenvalue weighted by Crippen LogP contribution is 2.30. The van der Waals surface area contributed by atoms with Crippen LogP contribution in [0.1, 0.15) is 46.0 Å². The molecule has 26 heavy (non-hydrogen) atoms. The molecule has 1 aliphatic carbocycles. The van der Waals surface area contributed by atoms with E-state index in [4.69, 9.17) is 0 Å². The van der Waals surface area contributed by atoms with E-state index in [1.807, 2.05) is 18.2 Å². The molecular formula is C21H30N4O. The molecule has 140 valence electrons. The Hall–Kier alpha value is -2.04. The van der Waals surface area contributed by atoms with E-state index in [1.54, 1.807) is 0 Å². The molecule has 1 aromatic carbocycles. The number of benzene rings is 1. The summed E-state index contributed by atoms with van der Waals surface area (Å²) in [5.41, 5.74) is 2.07. The zero-order valence-electron chi connectivity index (χ0n) is 15.9. The van der Waals surface area contributed by atoms with Gasteiger partial charge in [-0.25, -0.2) is 4.98 Å². The fraction of sp³-hybridized carbons (Fsp3) is 0.619. The van der Waals surface area contributed by atoms with Crippen molar-refractivity contribution in [3.05, 3.63) is 24.3 Å². The van der Waals surface area contributed by atoms with Gasteiger partial charge < -0.3 is 15.2 Å². The number of amides is 1. The predicted octanol–water partition coefficient (Wildman–Crippen LogP) is 3.72. The molecular weight excluding hydrogens is 324 g/mol. The van der Waals surface area contributed by atoms with Gasteiger partial charge in [-0.1, -0.05) is 38.8 Å². The number of para-hydroxylation sites is 2. The van der Waals surface area contributed by atoms with Gasteiger partial charge in [0.2, 0.25) is 11.9 Å². The Morgan fingerprint density at radius 2 is 1.92 bits per heavy atom. The number of hydrogen-bond acceptors (Lipinski definition) is 3. The van der Waals surface area contributed by atoms with Crippen LogP contribution in [0.2, 0.25) is 0 Å². The van der Waals surface area contributed by atoms with E-state index >= 15 is 0 Å². The number of hydrogen-bond donors (Lipinski definition) is 2. The number of carbonyl (C=O) groups excluding carboxylic acids is 1. The minimum atomic E-state index is 0.139. The second-order valence-corrected chi connectivity index (χ2v) is 8.22. The lowest BCUT2D eigenvalue weighted by Crippen LogP contribution is -2.48. The van der Waals surface area contributed by atoms with Gasteiger partial charge >= 0.3 is 0 Å². The van der Waals surface area contributed by atoms with Crippen LogP contribution in [0.15, 0.2) is 24.3 Å². The highest BCUT2D eigenvalue weighted by atomic mass is 16.2. The van der Waals surface area contributed by atoms with Crippen LogP contribution in [-0.4, -0.2) is 35.0 Å². The predicted molar refractivity (Wildman–Crippen MR) is 105 cm³/mol. The molecule has 2 heterocycles. The molecule has 3 atom stereocenters. The smallest absolute Gasteiger partial charge is 0.223 e. The summed E-state index contributed by atoms with van der Waals surface area (Å²) >= 11 is 0. The van der Waals surface area contributed by atoms with Gasteiger partial charge in [-0.2, -0.15) is 0 Å². The molecule has 1 aromatic heterocycles. The third kappa shape index (κ3) is 3.44. The first kappa shape index (κ1) is 17.4. The third-order valence-corrected chi connectivity index (χ3v) is 6.58. The van der Waals surface area contributed by atoms with Gasteiger partial charge in [0, 0.05) is 25.0 Å². The molecule has 1 saturated heterocycles. The molecule has 0 unspecified atom stereocenters. The molecule has 0 bridgehead atoms. The largest absolute Gasteiger partial charge is 0.353 e. The number of aromatic amines is 1. The number of aromatic nitrogens is 2. The van der Waals surface area contributed by atoms with Gasteiger partial charge in [-0.15, -0.1) is 0 Å². The van der Waals surface area contributed by atoms with Crippen molar-refractivity contribution in [2.75, 3.05) is 18.0 Å². The Balaban J connectivity index is 1.33. The van der Waals surface area contributed by atoms with Crippen molar-refractivity contribution in [3.8, 4) is 0 Å². The number of fused-ring (bicyclic) bond motifs is 1. The molecule has 1 aliphatic heterocycles. The van der Waals surface area contributed by atoms with E-state index in [0.29, 0.717) is 17.9 Å². The molecule has 5 heteroatoms. The van der Waals surface area contributed by atoms with Gasteiger partial charge in [0.1, 0.15) is 0 Å². The zero-order chi connectivity index (χ0) is 18.1. The second-order valence-electron chi connectivity index (χ2n) is 8.22. The maximum Gasteiger partial charge on any atom is 0.223 e. The van der Waals surface area contributed by atoms with Crippen molar-refractivity contribution in [2.24, 2.45) is 17.8 Å². The first-order valence-corrected chi connectivity index (χ1v) is 10.1. The van der Waals surface area contributed by atoms with Crippen LogP contribution in [-0.2, 0) is 4.79 Å². The average molecular weight is 354 g/mol. The number of anilines is 1. The molecule has 2 aromatic rings. The minimum Gasteiger partial charge on any atom is -0.353 e. The first-order chi connectivity index (χ1) is 12.6. The normalized spacial score (nSPS) is 27.6. The zero-order valence-corrected chi connectivity index (χ0v) is 15.9. The molecule has 1 amide bonds. The molecule has 2 fully saturated rings. The molecule has 0 spiro atoms. The monoisotopic (exact) mass is 354 g/mol. The lowest BCUT2D eigenvalue weighted by Gasteiger charge is -2.37. The number of piperidine rings is 1. The summed E-state index contributed by atoms with van der Waals surface area (Å²) in [6.45, 7) is 6.37. The maximum atomic E-state index is 12.7. The van der Waals surface area contributed by atoms with Gasteiger partial charge in [0.25, 0.3) is 0 Å². The fourth-order valence-corrected chi connectivity index (χ4v) is 4.53. The number of nitrogens with one attached hydrogen (secondary N) is 2. The minimum absolute atomic E-state index is 0.139. The summed E-state index contributed by atoms with van der Waals surface area (Å²) in [6.07, 6.45) is 5.47. The van der Waals surface area contributed by atoms with E-state index < -0.39 is 0 Å². The van der Waals surface area contributed by atoms with Gasteiger partial charge in [-0.3, -0.25) is 4.79 Å². The van der Waals surface area contributed by atoms with E-state index in [2.05, 4.69) is 40.1 Å². The second kappa shape index (κ2) is 7.29. The van der Waals surface area contributed by atoms with Crippen molar-refractivity contribution in [1.82, 2.24) is 15.3 Å². The van der Waals surface area contributed by atoms with E-state index in [0.717, 1.165) is 49.3 Å². The van der Waals surface area contributed by atoms with Gasteiger partial charge in [0.05, 0.1) is 11.0 Å². The van der Waals surface area contributed by atoms with E-state index in [9.17, 15) is 4.79 Å². The van der Waals surface area contributed by atoms with Crippen LogP contribution in [0, 0.1) is 17.8 Å². The van der Waals surface area contributed by atoms with Crippen LogP contribution >= 0.6 is 0 Å². The topological polar surface area (TPSA) is 61.0 Å². The third-order valence-electron chi connectivity index (χ3n) is 6.58. The van der Waals surface area contributed by atoms with Crippen LogP contribution < -0.4 is 10.2 Å². The van der Waals surface area contributed by atoms with Crippen LogP contribution in [0.25, 0.3) is 11.0 Å². The number of rotatable bonds is 3. The van der Waals surface area contributed by atoms with Gasteiger partial charge in [0.15, 0.2) is 0 Å². The Kier molecular flexibility index (Phi) is 4.88. The SMILES string of the molecule is C[C@@H]1[C@H](C)CCC[C@H]1NC(=O)C1CCN(c2nc3ccccc3[nH]2)CC1. The van der Waals surface area contributed by atoms with Crippen LogP contribution in [0.5, 0.6) is 0 Å². The van der Waals surface area contributed by atoms with Crippen molar-refractivity contribution in [1.29, 1.82) is 0 Å².